The lowest BCUT2D eigenvalue weighted by molar-refractivity contribution is -0.143. The molecule has 13 atom stereocenters. The Hall–Kier alpha value is -6.79. The predicted molar refractivity (Wildman–Crippen MR) is 416 cm³/mol. The van der Waals surface area contributed by atoms with E-state index in [9.17, 15) is 49.2 Å². The van der Waals surface area contributed by atoms with E-state index in [-0.39, 0.29) is 68.8 Å². The Morgan fingerprint density at radius 3 is 1.44 bits per heavy atom. The Kier molecular flexibility index (Phi) is 30.1. The summed E-state index contributed by atoms with van der Waals surface area (Å²) in [5.74, 6) is -0.382. The van der Waals surface area contributed by atoms with Gasteiger partial charge in [-0.15, -0.1) is 11.8 Å². The number of thioether (sulfide) groups is 1. The van der Waals surface area contributed by atoms with Gasteiger partial charge in [0.2, 0.25) is 47.2 Å². The standard InChI is InChI=1S/C29H37ClN4O4S.C26H37ClN4O4.C23H33ClN4O5/c1-19(31)26(36)32-25(20(2)38-16-21-8-4-3-5-9-21)28(37)34-13-7-12-24(34)27-33-29(17-35,18-39-27)15-22-10-6-11-23(30)14-22;1-17(28)23(33)29-22(19-8-3-2-4-9-19)25(34)31-12-6-11-21(31)24-30-26(15-32,16-35-24)14-18-7-5-10-20(27)13-18;1-14(25)19(30)26-18(22(2,3)32)21(31)28-9-5-8-17(28)20-27-23(12-29,13-33-20)11-15-6-4-7-16(24)10-15/h3-6,8-11,14,19-20,24-25,35H,7,12-13,15-18,31H2,1-2H3,(H,32,36);5,7,10,13,17,19,21-22,32H,2-4,6,8-9,11-12,14-16,28H2,1H3,(H,29,33);4,6-7,10,14,17-18,29,32H,5,8-9,11-13,25H2,1-3H3,(H,26,30)/t19-,20?,24-,25-,29-;17-,21-,22-,26-;14-,17-,18+,23-/m000/s1. The monoisotopic (exact) mass is 1560 g/mol. The lowest BCUT2D eigenvalue weighted by atomic mass is 9.83. The highest BCUT2D eigenvalue weighted by Crippen LogP contribution is 2.39. The first-order valence-electron chi connectivity index (χ1n) is 37.2. The average Bonchev–Trinajstić information content (AvgIpc) is 1.66. The number of halogens is 3. The SMILES string of the molecule is CC(OCc1ccccc1)[C@H](NC(=O)[C@H](C)N)C(=O)N1CCC[C@H]1C1=N[C@](CO)(Cc2cccc(Cl)c2)CS1.C[C@H](N)C(=O)N[C@H](C(=O)N1CCC[C@H]1C1=N[C@](CO)(Cc2cccc(Cl)c2)CO1)C(C)(C)O.C[C@H](N)C(=O)N[C@H](C(=O)N1CCC[C@H]1C1=N[C@](CO)(Cc2cccc(Cl)c2)CO1)C1CCCCC1. The van der Waals surface area contributed by atoms with Crippen molar-refractivity contribution in [1.29, 1.82) is 0 Å². The maximum atomic E-state index is 13.9. The lowest BCUT2D eigenvalue weighted by Crippen LogP contribution is -2.61. The molecule has 25 nitrogen and oxygen atoms in total. The first-order valence-corrected chi connectivity index (χ1v) is 39.3. The molecule has 11 rings (SSSR count). The zero-order valence-electron chi connectivity index (χ0n) is 62.1. The van der Waals surface area contributed by atoms with Crippen LogP contribution >= 0.6 is 46.6 Å². The van der Waals surface area contributed by atoms with Gasteiger partial charge in [0.25, 0.3) is 0 Å². The maximum absolute atomic E-state index is 13.9. The minimum atomic E-state index is -1.51. The summed E-state index contributed by atoms with van der Waals surface area (Å²) in [5.41, 5.74) is 17.3. The molecule has 1 unspecified atom stereocenters. The van der Waals surface area contributed by atoms with E-state index in [1.165, 1.54) is 20.8 Å². The van der Waals surface area contributed by atoms with Crippen LogP contribution in [0.15, 0.2) is 118 Å². The number of nitrogens with two attached hydrogens (primary N) is 3. The Labute approximate surface area is 646 Å². The molecule has 13 N–H and O–H groups in total. The molecule has 29 heteroatoms. The quantitative estimate of drug-likeness (QED) is 0.0314. The topological polar surface area (TPSA) is 372 Å². The van der Waals surface area contributed by atoms with Crippen molar-refractivity contribution < 1.29 is 63.4 Å². The lowest BCUT2D eigenvalue weighted by Gasteiger charge is -2.35. The number of carbonyl (C=O) groups is 6. The summed E-state index contributed by atoms with van der Waals surface area (Å²) in [6.07, 6.45) is 10.5. The van der Waals surface area contributed by atoms with Crippen LogP contribution in [0.1, 0.15) is 134 Å². The van der Waals surface area contributed by atoms with Gasteiger partial charge in [-0.25, -0.2) is 9.98 Å². The third-order valence-electron chi connectivity index (χ3n) is 20.7. The first-order chi connectivity index (χ1) is 51.0. The van der Waals surface area contributed by atoms with Crippen LogP contribution < -0.4 is 33.2 Å². The molecule has 6 heterocycles. The van der Waals surface area contributed by atoms with E-state index in [2.05, 4.69) is 16.0 Å². The van der Waals surface area contributed by atoms with Gasteiger partial charge >= 0.3 is 0 Å². The highest BCUT2D eigenvalue weighted by Gasteiger charge is 2.49. The van der Waals surface area contributed by atoms with Crippen molar-refractivity contribution in [3.05, 3.63) is 140 Å². The van der Waals surface area contributed by atoms with Crippen LogP contribution in [0.25, 0.3) is 0 Å². The molecule has 4 aromatic rings. The summed E-state index contributed by atoms with van der Waals surface area (Å²) >= 11 is 20.0. The van der Waals surface area contributed by atoms with Crippen LogP contribution in [-0.4, -0.2) is 229 Å². The Bertz CT molecular complexity index is 3810. The Morgan fingerprint density at radius 2 is 0.981 bits per heavy atom. The summed E-state index contributed by atoms with van der Waals surface area (Å²) < 4.78 is 18.0. The number of aliphatic hydroxyl groups is 4. The number of amides is 6. The van der Waals surface area contributed by atoms with Crippen molar-refractivity contribution in [3.8, 4) is 0 Å². The van der Waals surface area contributed by atoms with Crippen molar-refractivity contribution in [2.75, 3.05) is 58.4 Å². The van der Waals surface area contributed by atoms with E-state index in [1.54, 1.807) is 48.4 Å². The molecular weight excluding hydrogens is 1450 g/mol. The van der Waals surface area contributed by atoms with Crippen molar-refractivity contribution in [2.24, 2.45) is 38.1 Å². The minimum absolute atomic E-state index is 0.0870. The van der Waals surface area contributed by atoms with Crippen LogP contribution in [0.5, 0.6) is 0 Å². The number of likely N-dealkylation sites (tertiary alicyclic amines) is 3. The molecule has 4 aromatic carbocycles. The van der Waals surface area contributed by atoms with Gasteiger partial charge in [-0.05, 0) is 157 Å². The molecule has 1 saturated carbocycles. The molecular formula is C78H107Cl3N12O13S. The number of aliphatic imine (C=N–C) groups is 3. The average molecular weight is 1560 g/mol. The third kappa shape index (κ3) is 22.3. The smallest absolute Gasteiger partial charge is 0.248 e. The summed E-state index contributed by atoms with van der Waals surface area (Å²) in [4.78, 5) is 98.2. The number of nitrogens with zero attached hydrogens (tertiary/aromatic N) is 6. The Balaban J connectivity index is 0.000000186. The molecule has 0 bridgehead atoms. The number of nitrogens with one attached hydrogen (secondary N) is 3. The predicted octanol–water partition coefficient (Wildman–Crippen LogP) is 6.27. The summed E-state index contributed by atoms with van der Waals surface area (Å²) in [6.45, 7) is 11.3. The molecule has 0 radical (unpaired) electrons. The van der Waals surface area contributed by atoms with E-state index < -0.39 is 88.3 Å². The van der Waals surface area contributed by atoms with Gasteiger partial charge in [0.15, 0.2) is 0 Å². The van der Waals surface area contributed by atoms with Crippen LogP contribution in [-0.2, 0) is 68.8 Å². The van der Waals surface area contributed by atoms with E-state index in [4.69, 9.17) is 81.2 Å². The summed E-state index contributed by atoms with van der Waals surface area (Å²) in [6, 6.07) is 26.3. The summed E-state index contributed by atoms with van der Waals surface area (Å²) in [5, 5.41) is 52.4. The Morgan fingerprint density at radius 1 is 0.551 bits per heavy atom. The molecule has 7 aliphatic rings. The van der Waals surface area contributed by atoms with Crippen molar-refractivity contribution in [2.45, 2.75) is 221 Å². The van der Waals surface area contributed by atoms with Gasteiger partial charge in [-0.3, -0.25) is 33.8 Å². The minimum Gasteiger partial charge on any atom is -0.477 e. The van der Waals surface area contributed by atoms with E-state index in [0.29, 0.717) is 84.5 Å². The number of rotatable bonds is 27. The van der Waals surface area contributed by atoms with Crippen LogP contribution in [0.2, 0.25) is 15.1 Å². The fourth-order valence-electron chi connectivity index (χ4n) is 14.7. The fourth-order valence-corrected chi connectivity index (χ4v) is 16.7. The normalized spacial score (nSPS) is 24.8. The number of hydrogen-bond donors (Lipinski definition) is 10. The molecule has 6 amide bonds. The largest absolute Gasteiger partial charge is 0.477 e. The van der Waals surface area contributed by atoms with Gasteiger partial charge in [0.1, 0.15) is 54.5 Å². The van der Waals surface area contributed by atoms with Crippen LogP contribution in [0, 0.1) is 5.92 Å². The fraction of sp³-hybridized carbons (Fsp3) is 0.577. The van der Waals surface area contributed by atoms with Gasteiger partial charge < -0.3 is 82.5 Å². The molecule has 1 aliphatic carbocycles. The van der Waals surface area contributed by atoms with Crippen LogP contribution in [0.4, 0.5) is 0 Å². The molecule has 107 heavy (non-hydrogen) atoms. The molecule has 584 valence electrons. The molecule has 6 aliphatic heterocycles. The van der Waals surface area contributed by atoms with Crippen molar-refractivity contribution in [1.82, 2.24) is 30.7 Å². The zero-order valence-corrected chi connectivity index (χ0v) is 65.1. The highest BCUT2D eigenvalue weighted by atomic mass is 35.5. The molecule has 3 saturated heterocycles. The third-order valence-corrected chi connectivity index (χ3v) is 22.7. The number of benzene rings is 4. The number of aliphatic hydroxyl groups excluding tert-OH is 3. The summed E-state index contributed by atoms with van der Waals surface area (Å²) in [7, 11) is 0. The number of ether oxygens (including phenoxy) is 3. The maximum Gasteiger partial charge on any atom is 0.248 e. The zero-order chi connectivity index (χ0) is 77.4. The van der Waals surface area contributed by atoms with Crippen LogP contribution in [0.3, 0.4) is 0 Å². The highest BCUT2D eigenvalue weighted by molar-refractivity contribution is 8.14. The first kappa shape index (κ1) is 84.2. The van der Waals surface area contributed by atoms with E-state index in [0.717, 1.165) is 91.5 Å². The van der Waals surface area contributed by atoms with Gasteiger partial charge in [-0.2, -0.15) is 0 Å². The second-order valence-corrected chi connectivity index (χ2v) is 32.5. The van der Waals surface area contributed by atoms with E-state index >= 15 is 0 Å². The second-order valence-electron chi connectivity index (χ2n) is 30.2. The number of hydrogen-bond acceptors (Lipinski definition) is 20. The molecule has 0 aromatic heterocycles. The molecule has 0 spiro atoms. The van der Waals surface area contributed by atoms with Crippen molar-refractivity contribution in [3.63, 3.8) is 0 Å². The van der Waals surface area contributed by atoms with Gasteiger partial charge in [0.05, 0.1) is 72.9 Å². The number of carbonyl (C=O) groups excluding carboxylic acids is 6. The van der Waals surface area contributed by atoms with Gasteiger partial charge in [0, 0.05) is 59.7 Å². The van der Waals surface area contributed by atoms with Gasteiger partial charge in [-0.1, -0.05) is 121 Å². The second kappa shape index (κ2) is 38.2. The molecule has 4 fully saturated rings. The van der Waals surface area contributed by atoms with E-state index in [1.807, 2.05) is 102 Å². The van der Waals surface area contributed by atoms with Crippen molar-refractivity contribution >= 4 is 98.8 Å².